The van der Waals surface area contributed by atoms with E-state index in [1.165, 1.54) is 24.4 Å². The van der Waals surface area contributed by atoms with Crippen molar-refractivity contribution < 1.29 is 28.2 Å². The summed E-state index contributed by atoms with van der Waals surface area (Å²) in [7, 11) is 0. The fraction of sp³-hybridized carbons (Fsp3) is 0.346. The molecule has 1 aliphatic rings. The summed E-state index contributed by atoms with van der Waals surface area (Å²) in [4.78, 5) is 21.5. The van der Waals surface area contributed by atoms with Gasteiger partial charge in [0.2, 0.25) is 0 Å². The first kappa shape index (κ1) is 24.8. The normalized spacial score (nSPS) is 24.3. The third kappa shape index (κ3) is 4.66. The van der Waals surface area contributed by atoms with Gasteiger partial charge in [-0.2, -0.15) is 0 Å². The second-order valence-electron chi connectivity index (χ2n) is 9.12. The minimum atomic E-state index is -1.81. The average molecular weight is 486 g/mol. The van der Waals surface area contributed by atoms with Gasteiger partial charge in [-0.05, 0) is 66.1 Å². The van der Waals surface area contributed by atoms with E-state index >= 15 is 0 Å². The number of carbonyl (C=O) groups is 1. The van der Waals surface area contributed by atoms with E-state index in [4.69, 9.17) is 5.73 Å². The van der Waals surface area contributed by atoms with E-state index in [1.54, 1.807) is 19.2 Å². The number of aliphatic hydroxyl groups is 2. The first-order valence-corrected chi connectivity index (χ1v) is 11.3. The Labute approximate surface area is 200 Å². The molecule has 3 aromatic rings. The average Bonchev–Trinajstić information content (AvgIpc) is 2.83. The largest absolute Gasteiger partial charge is 0.397 e. The van der Waals surface area contributed by atoms with Crippen molar-refractivity contribution in [3.05, 3.63) is 77.2 Å². The van der Waals surface area contributed by atoms with Crippen molar-refractivity contribution in [1.82, 2.24) is 9.97 Å². The number of rotatable bonds is 6. The van der Waals surface area contributed by atoms with Crippen LogP contribution in [0.2, 0.25) is 0 Å². The van der Waals surface area contributed by atoms with E-state index in [1.807, 2.05) is 0 Å². The third-order valence-electron chi connectivity index (χ3n) is 6.93. The Morgan fingerprint density at radius 1 is 1.17 bits per heavy atom. The van der Waals surface area contributed by atoms with Gasteiger partial charge in [0.05, 0.1) is 23.0 Å². The van der Waals surface area contributed by atoms with Crippen molar-refractivity contribution in [3.8, 4) is 11.3 Å². The van der Waals surface area contributed by atoms with Crippen LogP contribution < -0.4 is 5.73 Å². The molecule has 1 aliphatic carbocycles. The van der Waals surface area contributed by atoms with Crippen LogP contribution in [0.5, 0.6) is 0 Å². The molecule has 4 rings (SSSR count). The lowest BCUT2D eigenvalue weighted by Gasteiger charge is -2.44. The zero-order chi connectivity index (χ0) is 25.3. The molecule has 9 heteroatoms. The molecule has 0 aliphatic heterocycles. The maximum Gasteiger partial charge on any atom is 0.187 e. The predicted molar refractivity (Wildman–Crippen MR) is 124 cm³/mol. The highest BCUT2D eigenvalue weighted by Gasteiger charge is 2.47. The summed E-state index contributed by atoms with van der Waals surface area (Å²) in [5, 5.41) is 20.9. The standard InChI is InChI=1S/C26H26F3N3O3/c1-14-9-15(11-23(34)26(14,35)13-27)17-7-8-31-12-16(17)10-22(33)25-20(30)5-6-21(32-25)24-18(28)3-2-4-19(24)29/h2-8,12,14-15,23,34-35H,9-11,13,30H2,1H3/t14-,15+,23+,26+/m1/s1. The monoisotopic (exact) mass is 485 g/mol. The number of ketones is 1. The molecule has 2 aromatic heterocycles. The summed E-state index contributed by atoms with van der Waals surface area (Å²) in [6.07, 6.45) is 2.21. The lowest BCUT2D eigenvalue weighted by Crippen LogP contribution is -2.54. The maximum atomic E-state index is 14.3. The molecule has 1 aromatic carbocycles. The number of alkyl halides is 1. The number of aliphatic hydroxyl groups excluding tert-OH is 1. The van der Waals surface area contributed by atoms with Gasteiger partial charge >= 0.3 is 0 Å². The molecule has 4 N–H and O–H groups in total. The highest BCUT2D eigenvalue weighted by Crippen LogP contribution is 2.43. The van der Waals surface area contributed by atoms with Crippen LogP contribution in [0.15, 0.2) is 48.8 Å². The predicted octanol–water partition coefficient (Wildman–Crippen LogP) is 4.00. The molecule has 2 heterocycles. The summed E-state index contributed by atoms with van der Waals surface area (Å²) < 4.78 is 42.0. The molecule has 6 nitrogen and oxygen atoms in total. The molecule has 0 amide bonds. The van der Waals surface area contributed by atoms with Crippen molar-refractivity contribution in [2.24, 2.45) is 5.92 Å². The van der Waals surface area contributed by atoms with Gasteiger partial charge < -0.3 is 15.9 Å². The molecule has 0 saturated heterocycles. The van der Waals surface area contributed by atoms with E-state index in [-0.39, 0.29) is 41.4 Å². The Morgan fingerprint density at radius 2 is 1.89 bits per heavy atom. The van der Waals surface area contributed by atoms with Crippen molar-refractivity contribution in [1.29, 1.82) is 0 Å². The van der Waals surface area contributed by atoms with Gasteiger partial charge in [-0.1, -0.05) is 13.0 Å². The summed E-state index contributed by atoms with van der Waals surface area (Å²) in [6.45, 7) is 0.632. The van der Waals surface area contributed by atoms with E-state index in [0.717, 1.165) is 17.7 Å². The molecule has 0 bridgehead atoms. The highest BCUT2D eigenvalue weighted by atomic mass is 19.1. The zero-order valence-electron chi connectivity index (χ0n) is 19.1. The van der Waals surface area contributed by atoms with Gasteiger partial charge in [0.15, 0.2) is 5.78 Å². The summed E-state index contributed by atoms with van der Waals surface area (Å²) >= 11 is 0. The Morgan fingerprint density at radius 3 is 2.54 bits per heavy atom. The molecule has 0 unspecified atom stereocenters. The number of aromatic nitrogens is 2. The quantitative estimate of drug-likeness (QED) is 0.456. The molecule has 35 heavy (non-hydrogen) atoms. The first-order chi connectivity index (χ1) is 16.7. The van der Waals surface area contributed by atoms with Crippen LogP contribution >= 0.6 is 0 Å². The zero-order valence-corrected chi connectivity index (χ0v) is 19.1. The van der Waals surface area contributed by atoms with Gasteiger partial charge in [0.25, 0.3) is 0 Å². The Bertz CT molecular complexity index is 1220. The number of nitrogens with two attached hydrogens (primary N) is 1. The van der Waals surface area contributed by atoms with Crippen LogP contribution in [0.3, 0.4) is 0 Å². The number of halogens is 3. The van der Waals surface area contributed by atoms with Gasteiger partial charge in [0, 0.05) is 18.8 Å². The van der Waals surface area contributed by atoms with Crippen molar-refractivity contribution in [2.45, 2.75) is 43.8 Å². The lowest BCUT2D eigenvalue weighted by atomic mass is 9.68. The van der Waals surface area contributed by atoms with E-state index < -0.39 is 41.7 Å². The number of pyridine rings is 2. The first-order valence-electron chi connectivity index (χ1n) is 11.3. The van der Waals surface area contributed by atoms with Gasteiger partial charge in [-0.25, -0.2) is 18.2 Å². The molecule has 0 radical (unpaired) electrons. The van der Waals surface area contributed by atoms with Crippen LogP contribution in [-0.2, 0) is 6.42 Å². The summed E-state index contributed by atoms with van der Waals surface area (Å²) in [5.74, 6) is -2.84. The number of carbonyl (C=O) groups excluding carboxylic acids is 1. The van der Waals surface area contributed by atoms with E-state index in [9.17, 15) is 28.2 Å². The fourth-order valence-corrected chi connectivity index (χ4v) is 4.82. The highest BCUT2D eigenvalue weighted by molar-refractivity contribution is 6.00. The molecular formula is C26H26F3N3O3. The van der Waals surface area contributed by atoms with E-state index in [0.29, 0.717) is 12.0 Å². The smallest absolute Gasteiger partial charge is 0.187 e. The van der Waals surface area contributed by atoms with Crippen molar-refractivity contribution in [3.63, 3.8) is 0 Å². The minimum Gasteiger partial charge on any atom is -0.397 e. The number of benzene rings is 1. The molecular weight excluding hydrogens is 459 g/mol. The maximum absolute atomic E-state index is 14.3. The van der Waals surface area contributed by atoms with Crippen LogP contribution in [-0.4, -0.2) is 44.3 Å². The second kappa shape index (κ2) is 9.75. The molecule has 1 saturated carbocycles. The fourth-order valence-electron chi connectivity index (χ4n) is 4.82. The topological polar surface area (TPSA) is 109 Å². The third-order valence-corrected chi connectivity index (χ3v) is 6.93. The van der Waals surface area contributed by atoms with Crippen LogP contribution in [0.4, 0.5) is 18.9 Å². The van der Waals surface area contributed by atoms with Crippen LogP contribution in [0, 0.1) is 17.6 Å². The Balaban J connectivity index is 1.63. The Kier molecular flexibility index (Phi) is 6.91. The molecule has 4 atom stereocenters. The minimum absolute atomic E-state index is 0.0562. The van der Waals surface area contributed by atoms with Gasteiger partial charge in [-0.15, -0.1) is 0 Å². The van der Waals surface area contributed by atoms with Crippen molar-refractivity contribution in [2.75, 3.05) is 12.4 Å². The Hall–Kier alpha value is -3.30. The number of nitrogens with zero attached hydrogens (tertiary/aromatic N) is 2. The molecule has 1 fully saturated rings. The molecule has 184 valence electrons. The van der Waals surface area contributed by atoms with Gasteiger partial charge in [0.1, 0.15) is 29.6 Å². The second-order valence-corrected chi connectivity index (χ2v) is 9.12. The number of Topliss-reactive ketones (excluding diaryl/α,β-unsaturated/α-hetero) is 1. The lowest BCUT2D eigenvalue weighted by molar-refractivity contribution is -0.146. The SMILES string of the molecule is C[C@@H]1C[C@H](c2ccncc2CC(=O)c2nc(-c3c(F)cccc3F)ccc2N)C[C@H](O)[C@]1(O)CF. The number of nitrogen functional groups attached to an aromatic ring is 1. The van der Waals surface area contributed by atoms with E-state index in [2.05, 4.69) is 9.97 Å². The summed E-state index contributed by atoms with van der Waals surface area (Å²) in [5.41, 5.74) is 5.02. The molecule has 0 spiro atoms. The van der Waals surface area contributed by atoms with Crippen LogP contribution in [0.25, 0.3) is 11.3 Å². The van der Waals surface area contributed by atoms with Gasteiger partial charge in [-0.3, -0.25) is 9.78 Å². The van der Waals surface area contributed by atoms with Crippen LogP contribution in [0.1, 0.15) is 47.3 Å². The summed E-state index contributed by atoms with van der Waals surface area (Å²) in [6, 6.07) is 7.89. The number of hydrogen-bond acceptors (Lipinski definition) is 6. The number of hydrogen-bond donors (Lipinski definition) is 3. The van der Waals surface area contributed by atoms with Crippen molar-refractivity contribution >= 4 is 11.5 Å². The number of anilines is 1.